The molecule has 0 amide bonds. The Hall–Kier alpha value is -0.620. The van der Waals surface area contributed by atoms with Gasteiger partial charge >= 0.3 is 5.97 Å². The van der Waals surface area contributed by atoms with E-state index in [-0.39, 0.29) is 18.3 Å². The van der Waals surface area contributed by atoms with Crippen molar-refractivity contribution in [2.75, 3.05) is 25.2 Å². The number of carbonyl (C=O) groups is 1. The van der Waals surface area contributed by atoms with Crippen molar-refractivity contribution in [2.24, 2.45) is 0 Å². The van der Waals surface area contributed by atoms with Crippen molar-refractivity contribution >= 4 is 15.8 Å². The minimum atomic E-state index is -2.99. The molecule has 0 radical (unpaired) electrons. The Bertz CT molecular complexity index is 300. The van der Waals surface area contributed by atoms with Crippen LogP contribution in [0.4, 0.5) is 0 Å². The van der Waals surface area contributed by atoms with Crippen LogP contribution < -0.4 is 5.32 Å². The Labute approximate surface area is 97.5 Å². The number of sulfone groups is 1. The second-order valence-electron chi connectivity index (χ2n) is 3.68. The second kappa shape index (κ2) is 7.62. The van der Waals surface area contributed by atoms with E-state index in [9.17, 15) is 13.2 Å². The van der Waals surface area contributed by atoms with Crippen LogP contribution in [0.3, 0.4) is 0 Å². The molecule has 5 nitrogen and oxygen atoms in total. The summed E-state index contributed by atoms with van der Waals surface area (Å²) in [5.74, 6) is -0.273. The average Bonchev–Trinajstić information content (AvgIpc) is 2.15. The number of nitrogens with one attached hydrogen (secondary N) is 1. The molecular formula is C10H21NO4S. The van der Waals surface area contributed by atoms with Gasteiger partial charge in [0.2, 0.25) is 0 Å². The van der Waals surface area contributed by atoms with Crippen LogP contribution in [0.1, 0.15) is 26.7 Å². The third-order valence-electron chi connectivity index (χ3n) is 2.01. The van der Waals surface area contributed by atoms with E-state index >= 15 is 0 Å². The van der Waals surface area contributed by atoms with Crippen molar-refractivity contribution in [1.82, 2.24) is 5.32 Å². The topological polar surface area (TPSA) is 72.5 Å². The predicted octanol–water partition coefficient (Wildman–Crippen LogP) is 0.352. The van der Waals surface area contributed by atoms with Crippen LogP contribution in [0.25, 0.3) is 0 Å². The van der Waals surface area contributed by atoms with Crippen LogP contribution in [-0.2, 0) is 19.4 Å². The first-order valence-electron chi connectivity index (χ1n) is 5.48. The molecule has 0 spiro atoms. The SMILES string of the molecule is CCCC(NCCS(C)(=O)=O)C(=O)OCC. The van der Waals surface area contributed by atoms with E-state index in [1.165, 1.54) is 6.26 Å². The van der Waals surface area contributed by atoms with Gasteiger partial charge in [0.15, 0.2) is 0 Å². The Morgan fingerprint density at radius 2 is 2.00 bits per heavy atom. The largest absolute Gasteiger partial charge is 0.465 e. The molecule has 1 unspecified atom stereocenters. The molecule has 1 N–H and O–H groups in total. The number of ether oxygens (including phenoxy) is 1. The molecule has 0 aromatic heterocycles. The molecule has 0 saturated carbocycles. The van der Waals surface area contributed by atoms with E-state index in [4.69, 9.17) is 4.74 Å². The fraction of sp³-hybridized carbons (Fsp3) is 0.900. The van der Waals surface area contributed by atoms with Crippen molar-refractivity contribution < 1.29 is 17.9 Å². The average molecular weight is 251 g/mol. The maximum absolute atomic E-state index is 11.5. The Morgan fingerprint density at radius 1 is 1.38 bits per heavy atom. The maximum Gasteiger partial charge on any atom is 0.323 e. The molecule has 0 aliphatic heterocycles. The molecular weight excluding hydrogens is 230 g/mol. The van der Waals surface area contributed by atoms with E-state index in [1.54, 1.807) is 6.92 Å². The molecule has 16 heavy (non-hydrogen) atoms. The molecule has 0 aliphatic rings. The Kier molecular flexibility index (Phi) is 7.33. The van der Waals surface area contributed by atoms with Crippen LogP contribution in [0, 0.1) is 0 Å². The number of rotatable bonds is 8. The number of carbonyl (C=O) groups excluding carboxylic acids is 1. The molecule has 0 saturated heterocycles. The standard InChI is InChI=1S/C10H21NO4S/c1-4-6-9(10(12)15-5-2)11-7-8-16(3,13)14/h9,11H,4-8H2,1-3H3. The lowest BCUT2D eigenvalue weighted by atomic mass is 10.2. The zero-order valence-electron chi connectivity index (χ0n) is 10.2. The fourth-order valence-electron chi connectivity index (χ4n) is 1.25. The lowest BCUT2D eigenvalue weighted by Gasteiger charge is -2.15. The molecule has 0 rings (SSSR count). The van der Waals surface area contributed by atoms with Gasteiger partial charge in [-0.05, 0) is 13.3 Å². The van der Waals surface area contributed by atoms with Gasteiger partial charge in [-0.2, -0.15) is 0 Å². The summed E-state index contributed by atoms with van der Waals surface area (Å²) in [6.45, 7) is 4.33. The van der Waals surface area contributed by atoms with Gasteiger partial charge in [-0.3, -0.25) is 4.79 Å². The summed E-state index contributed by atoms with van der Waals surface area (Å²) >= 11 is 0. The number of esters is 1. The number of hydrogen-bond acceptors (Lipinski definition) is 5. The van der Waals surface area contributed by atoms with Crippen molar-refractivity contribution in [3.63, 3.8) is 0 Å². The molecule has 1 atom stereocenters. The van der Waals surface area contributed by atoms with Crippen molar-refractivity contribution in [3.05, 3.63) is 0 Å². The third-order valence-corrected chi connectivity index (χ3v) is 2.96. The van der Waals surface area contributed by atoms with Crippen LogP contribution >= 0.6 is 0 Å². The van der Waals surface area contributed by atoms with Gasteiger partial charge in [0.05, 0.1) is 12.4 Å². The molecule has 0 bridgehead atoms. The van der Waals surface area contributed by atoms with Crippen LogP contribution in [0.2, 0.25) is 0 Å². The van der Waals surface area contributed by atoms with E-state index in [1.807, 2.05) is 6.92 Å². The summed E-state index contributed by atoms with van der Waals surface area (Å²) in [4.78, 5) is 11.5. The maximum atomic E-state index is 11.5. The van der Waals surface area contributed by atoms with Crippen molar-refractivity contribution in [2.45, 2.75) is 32.7 Å². The lowest BCUT2D eigenvalue weighted by molar-refractivity contribution is -0.145. The quantitative estimate of drug-likeness (QED) is 0.630. The van der Waals surface area contributed by atoms with E-state index in [0.29, 0.717) is 13.0 Å². The molecule has 0 aromatic rings. The van der Waals surface area contributed by atoms with Gasteiger partial charge in [0, 0.05) is 12.8 Å². The van der Waals surface area contributed by atoms with Crippen LogP contribution in [-0.4, -0.2) is 45.6 Å². The van der Waals surface area contributed by atoms with E-state index < -0.39 is 15.9 Å². The van der Waals surface area contributed by atoms with Gasteiger partial charge in [-0.15, -0.1) is 0 Å². The normalized spacial score (nSPS) is 13.4. The molecule has 6 heteroatoms. The summed E-state index contributed by atoms with van der Waals surface area (Å²) in [6, 6.07) is -0.397. The van der Waals surface area contributed by atoms with Crippen LogP contribution in [0.5, 0.6) is 0 Å². The summed E-state index contributed by atoms with van der Waals surface area (Å²) in [7, 11) is -2.99. The minimum absolute atomic E-state index is 0.0343. The van der Waals surface area contributed by atoms with Gasteiger partial charge < -0.3 is 10.1 Å². The molecule has 0 aromatic carbocycles. The van der Waals surface area contributed by atoms with Gasteiger partial charge in [-0.1, -0.05) is 13.3 Å². The summed E-state index contributed by atoms with van der Waals surface area (Å²) in [6.07, 6.45) is 2.67. The highest BCUT2D eigenvalue weighted by atomic mass is 32.2. The number of hydrogen-bond donors (Lipinski definition) is 1. The monoisotopic (exact) mass is 251 g/mol. The summed E-state index contributed by atoms with van der Waals surface area (Å²) in [5.41, 5.74) is 0. The third kappa shape index (κ3) is 7.64. The first kappa shape index (κ1) is 15.4. The molecule has 96 valence electrons. The smallest absolute Gasteiger partial charge is 0.323 e. The zero-order valence-corrected chi connectivity index (χ0v) is 11.0. The minimum Gasteiger partial charge on any atom is -0.465 e. The molecule has 0 heterocycles. The van der Waals surface area contributed by atoms with Gasteiger partial charge in [0.1, 0.15) is 15.9 Å². The second-order valence-corrected chi connectivity index (χ2v) is 5.94. The van der Waals surface area contributed by atoms with Crippen molar-refractivity contribution in [1.29, 1.82) is 0 Å². The Balaban J connectivity index is 4.08. The summed E-state index contributed by atoms with van der Waals surface area (Å²) < 4.78 is 26.7. The highest BCUT2D eigenvalue weighted by Crippen LogP contribution is 1.99. The summed E-state index contributed by atoms with van der Waals surface area (Å²) in [5, 5.41) is 2.91. The first-order valence-corrected chi connectivity index (χ1v) is 7.54. The highest BCUT2D eigenvalue weighted by molar-refractivity contribution is 7.90. The first-order chi connectivity index (χ1) is 7.40. The molecule has 0 aliphatic carbocycles. The molecule has 0 fully saturated rings. The Morgan fingerprint density at radius 3 is 2.44 bits per heavy atom. The van der Waals surface area contributed by atoms with Gasteiger partial charge in [-0.25, -0.2) is 8.42 Å². The van der Waals surface area contributed by atoms with E-state index in [0.717, 1.165) is 6.42 Å². The highest BCUT2D eigenvalue weighted by Gasteiger charge is 2.18. The fourth-order valence-corrected chi connectivity index (χ4v) is 1.74. The van der Waals surface area contributed by atoms with Crippen LogP contribution in [0.15, 0.2) is 0 Å². The van der Waals surface area contributed by atoms with E-state index in [2.05, 4.69) is 5.32 Å². The predicted molar refractivity (Wildman–Crippen MR) is 63.0 cm³/mol. The lowest BCUT2D eigenvalue weighted by Crippen LogP contribution is -2.40. The van der Waals surface area contributed by atoms with Gasteiger partial charge in [0.25, 0.3) is 0 Å². The van der Waals surface area contributed by atoms with Crippen molar-refractivity contribution in [3.8, 4) is 0 Å². The zero-order chi connectivity index (χ0) is 12.6.